The van der Waals surface area contributed by atoms with Crippen molar-refractivity contribution in [2.75, 3.05) is 12.4 Å². The first kappa shape index (κ1) is 18.4. The Balaban J connectivity index is 2.09. The number of methoxy groups -OCH3 is 1. The maximum atomic E-state index is 12.3. The lowest BCUT2D eigenvalue weighted by Crippen LogP contribution is -2.30. The van der Waals surface area contributed by atoms with E-state index in [1.807, 2.05) is 0 Å². The molecular weight excluding hydrogens is 348 g/mol. The van der Waals surface area contributed by atoms with Crippen molar-refractivity contribution in [3.63, 3.8) is 0 Å². The highest BCUT2D eigenvalue weighted by molar-refractivity contribution is 6.32. The van der Waals surface area contributed by atoms with Gasteiger partial charge in [0, 0.05) is 6.20 Å². The summed E-state index contributed by atoms with van der Waals surface area (Å²) in [6.45, 7) is 1.40. The Morgan fingerprint density at radius 3 is 2.32 bits per heavy atom. The van der Waals surface area contributed by atoms with Gasteiger partial charge in [-0.3, -0.25) is 4.79 Å². The van der Waals surface area contributed by atoms with Crippen LogP contribution in [0.3, 0.4) is 0 Å². The smallest absolute Gasteiger partial charge is 0.339 e. The maximum absolute atomic E-state index is 12.3. The average molecular weight is 363 g/mol. The zero-order chi connectivity index (χ0) is 18.4. The summed E-state index contributed by atoms with van der Waals surface area (Å²) in [7, 11) is 1.21. The fourth-order valence-corrected chi connectivity index (χ4v) is 2.11. The van der Waals surface area contributed by atoms with Gasteiger partial charge in [-0.2, -0.15) is 0 Å². The third kappa shape index (κ3) is 4.54. The molecule has 2 rings (SSSR count). The topological polar surface area (TPSA) is 94.6 Å². The van der Waals surface area contributed by atoms with Crippen molar-refractivity contribution in [1.29, 1.82) is 0 Å². The van der Waals surface area contributed by atoms with Crippen molar-refractivity contribution in [1.82, 2.24) is 4.98 Å². The number of rotatable bonds is 5. The molecule has 0 fully saturated rings. The van der Waals surface area contributed by atoms with Crippen molar-refractivity contribution >= 4 is 35.1 Å². The normalized spacial score (nSPS) is 11.3. The Labute approximate surface area is 148 Å². The third-order valence-corrected chi connectivity index (χ3v) is 3.52. The number of benzene rings is 1. The van der Waals surface area contributed by atoms with Gasteiger partial charge in [0.15, 0.2) is 11.3 Å². The Hall–Kier alpha value is -2.93. The van der Waals surface area contributed by atoms with Crippen molar-refractivity contribution in [3.8, 4) is 0 Å². The Morgan fingerprint density at radius 2 is 1.72 bits per heavy atom. The number of amides is 1. The van der Waals surface area contributed by atoms with Crippen LogP contribution < -0.4 is 5.32 Å². The zero-order valence-electron chi connectivity index (χ0n) is 13.5. The highest BCUT2D eigenvalue weighted by Crippen LogP contribution is 2.18. The number of aromatic nitrogens is 1. The van der Waals surface area contributed by atoms with Gasteiger partial charge in [0.2, 0.25) is 0 Å². The van der Waals surface area contributed by atoms with Crippen LogP contribution in [0.4, 0.5) is 5.69 Å². The van der Waals surface area contributed by atoms with Gasteiger partial charge in [-0.05, 0) is 31.2 Å². The van der Waals surface area contributed by atoms with Gasteiger partial charge in [-0.1, -0.05) is 23.7 Å². The number of anilines is 1. The van der Waals surface area contributed by atoms with E-state index in [9.17, 15) is 14.4 Å². The summed E-state index contributed by atoms with van der Waals surface area (Å²) < 4.78 is 9.75. The standard InChI is InChI=1S/C17H15ClN2O5/c1-10(15(21)20-13-8-5-9-19-14(13)18)25-17(23)12-7-4-3-6-11(12)16(22)24-2/h3-10H,1-2H3,(H,20,21). The molecule has 0 bridgehead atoms. The lowest BCUT2D eigenvalue weighted by molar-refractivity contribution is -0.123. The lowest BCUT2D eigenvalue weighted by Gasteiger charge is -2.15. The van der Waals surface area contributed by atoms with Gasteiger partial charge in [0.1, 0.15) is 0 Å². The second kappa shape index (κ2) is 8.25. The summed E-state index contributed by atoms with van der Waals surface area (Å²) in [5.74, 6) is -2.08. The number of carbonyl (C=O) groups is 3. The summed E-state index contributed by atoms with van der Waals surface area (Å²) in [4.78, 5) is 39.9. The summed E-state index contributed by atoms with van der Waals surface area (Å²) in [6.07, 6.45) is 0.361. The minimum absolute atomic E-state index is 0.00779. The third-order valence-electron chi connectivity index (χ3n) is 3.22. The molecule has 0 aliphatic heterocycles. The number of carbonyl (C=O) groups excluding carboxylic acids is 3. The number of ether oxygens (including phenoxy) is 2. The fourth-order valence-electron chi connectivity index (χ4n) is 1.94. The second-order valence-electron chi connectivity index (χ2n) is 4.92. The molecule has 0 spiro atoms. The highest BCUT2D eigenvalue weighted by atomic mass is 35.5. The SMILES string of the molecule is COC(=O)c1ccccc1C(=O)OC(C)C(=O)Nc1cccnc1Cl. The average Bonchev–Trinajstić information content (AvgIpc) is 2.62. The van der Waals surface area contributed by atoms with Crippen LogP contribution in [-0.2, 0) is 14.3 Å². The predicted molar refractivity (Wildman–Crippen MR) is 90.5 cm³/mol. The number of nitrogens with one attached hydrogen (secondary N) is 1. The summed E-state index contributed by atoms with van der Waals surface area (Å²) in [6, 6.07) is 9.17. The Bertz CT molecular complexity index is 809. The number of hydrogen-bond acceptors (Lipinski definition) is 6. The molecule has 1 atom stereocenters. The number of hydrogen-bond donors (Lipinski definition) is 1. The van der Waals surface area contributed by atoms with Gasteiger partial charge in [-0.25, -0.2) is 14.6 Å². The molecule has 0 saturated heterocycles. The Kier molecular flexibility index (Phi) is 6.08. The number of halogens is 1. The molecule has 130 valence electrons. The van der Waals surface area contributed by atoms with E-state index in [1.165, 1.54) is 32.4 Å². The number of esters is 2. The van der Waals surface area contributed by atoms with Crippen LogP contribution in [0.25, 0.3) is 0 Å². The molecule has 1 amide bonds. The minimum Gasteiger partial charge on any atom is -0.465 e. The zero-order valence-corrected chi connectivity index (χ0v) is 14.2. The molecule has 7 nitrogen and oxygen atoms in total. The van der Waals surface area contributed by atoms with Gasteiger partial charge >= 0.3 is 11.9 Å². The molecule has 0 saturated carbocycles. The van der Waals surface area contributed by atoms with Crippen LogP contribution in [0.2, 0.25) is 5.15 Å². The molecule has 1 aromatic heterocycles. The van der Waals surface area contributed by atoms with Crippen LogP contribution in [0.1, 0.15) is 27.6 Å². The molecule has 8 heteroatoms. The molecule has 2 aromatic rings. The molecule has 1 heterocycles. The fraction of sp³-hybridized carbons (Fsp3) is 0.176. The van der Waals surface area contributed by atoms with Crippen LogP contribution in [-0.4, -0.2) is 36.0 Å². The molecular formula is C17H15ClN2O5. The minimum atomic E-state index is -1.12. The van der Waals surface area contributed by atoms with E-state index in [-0.39, 0.29) is 16.3 Å². The predicted octanol–water partition coefficient (Wildman–Crippen LogP) is 2.71. The molecule has 1 unspecified atom stereocenters. The molecule has 0 radical (unpaired) electrons. The summed E-state index contributed by atoms with van der Waals surface area (Å²) in [5, 5.41) is 2.63. The van der Waals surface area contributed by atoms with Crippen molar-refractivity contribution in [2.24, 2.45) is 0 Å². The quantitative estimate of drug-likeness (QED) is 0.649. The molecule has 0 aliphatic carbocycles. The molecule has 1 N–H and O–H groups in total. The summed E-state index contributed by atoms with van der Waals surface area (Å²) in [5.41, 5.74) is 0.360. The van der Waals surface area contributed by atoms with Crippen LogP contribution >= 0.6 is 11.6 Å². The van der Waals surface area contributed by atoms with E-state index >= 15 is 0 Å². The van der Waals surface area contributed by atoms with E-state index in [4.69, 9.17) is 16.3 Å². The number of pyridine rings is 1. The molecule has 25 heavy (non-hydrogen) atoms. The largest absolute Gasteiger partial charge is 0.465 e. The second-order valence-corrected chi connectivity index (χ2v) is 5.27. The van der Waals surface area contributed by atoms with E-state index in [0.717, 1.165) is 0 Å². The maximum Gasteiger partial charge on any atom is 0.339 e. The highest BCUT2D eigenvalue weighted by Gasteiger charge is 2.23. The van der Waals surface area contributed by atoms with E-state index < -0.39 is 23.9 Å². The van der Waals surface area contributed by atoms with Crippen molar-refractivity contribution < 1.29 is 23.9 Å². The van der Waals surface area contributed by atoms with Gasteiger partial charge in [0.25, 0.3) is 5.91 Å². The Morgan fingerprint density at radius 1 is 1.08 bits per heavy atom. The summed E-state index contributed by atoms with van der Waals surface area (Å²) >= 11 is 5.86. The lowest BCUT2D eigenvalue weighted by atomic mass is 10.1. The van der Waals surface area contributed by atoms with E-state index in [0.29, 0.717) is 5.69 Å². The van der Waals surface area contributed by atoms with Gasteiger partial charge in [-0.15, -0.1) is 0 Å². The first-order valence-corrected chi connectivity index (χ1v) is 7.61. The molecule has 1 aromatic carbocycles. The van der Waals surface area contributed by atoms with Crippen LogP contribution in [0.5, 0.6) is 0 Å². The first-order valence-electron chi connectivity index (χ1n) is 7.23. The van der Waals surface area contributed by atoms with E-state index in [2.05, 4.69) is 15.0 Å². The van der Waals surface area contributed by atoms with Crippen molar-refractivity contribution in [2.45, 2.75) is 13.0 Å². The van der Waals surface area contributed by atoms with Gasteiger partial charge < -0.3 is 14.8 Å². The molecule has 0 aliphatic rings. The first-order chi connectivity index (χ1) is 11.9. The number of nitrogens with zero attached hydrogens (tertiary/aromatic N) is 1. The van der Waals surface area contributed by atoms with Crippen LogP contribution in [0.15, 0.2) is 42.6 Å². The monoisotopic (exact) mass is 362 g/mol. The van der Waals surface area contributed by atoms with Crippen LogP contribution in [0, 0.1) is 0 Å². The van der Waals surface area contributed by atoms with Gasteiger partial charge in [0.05, 0.1) is 23.9 Å². The van der Waals surface area contributed by atoms with Crippen molar-refractivity contribution in [3.05, 3.63) is 58.9 Å². The van der Waals surface area contributed by atoms with E-state index in [1.54, 1.807) is 24.3 Å².